The smallest absolute Gasteiger partial charge is 0.227 e. The minimum absolute atomic E-state index is 0.507. The minimum atomic E-state index is 0.507. The molecular formula is C24H25N7O. The van der Waals surface area contributed by atoms with Gasteiger partial charge in [0.2, 0.25) is 5.95 Å². The molecule has 0 spiro atoms. The molecule has 5 rings (SSSR count). The van der Waals surface area contributed by atoms with Crippen LogP contribution >= 0.6 is 0 Å². The van der Waals surface area contributed by atoms with Crippen LogP contribution in [0.1, 0.15) is 18.4 Å². The average molecular weight is 428 g/mol. The molecule has 0 saturated carbocycles. The molecule has 0 aliphatic carbocycles. The number of aromatic nitrogens is 4. The predicted molar refractivity (Wildman–Crippen MR) is 125 cm³/mol. The number of nitrogens with zero attached hydrogens (tertiary/aromatic N) is 6. The van der Waals surface area contributed by atoms with Gasteiger partial charge in [-0.1, -0.05) is 5.92 Å². The Bertz CT molecular complexity index is 1130. The Kier molecular flexibility index (Phi) is 5.81. The lowest BCUT2D eigenvalue weighted by Gasteiger charge is -2.28. The molecule has 0 radical (unpaired) electrons. The summed E-state index contributed by atoms with van der Waals surface area (Å²) < 4.78 is 5.43. The summed E-state index contributed by atoms with van der Waals surface area (Å²) in [5.41, 5.74) is 3.31. The van der Waals surface area contributed by atoms with Gasteiger partial charge in [-0.15, -0.1) is 6.42 Å². The molecule has 2 aliphatic heterocycles. The highest BCUT2D eigenvalue weighted by atomic mass is 16.5. The van der Waals surface area contributed by atoms with Crippen LogP contribution in [0, 0.1) is 12.3 Å². The third-order valence-corrected chi connectivity index (χ3v) is 5.72. The van der Waals surface area contributed by atoms with Gasteiger partial charge < -0.3 is 19.9 Å². The van der Waals surface area contributed by atoms with Gasteiger partial charge >= 0.3 is 0 Å². The molecule has 3 aromatic heterocycles. The van der Waals surface area contributed by atoms with Gasteiger partial charge in [0, 0.05) is 62.1 Å². The fourth-order valence-corrected chi connectivity index (χ4v) is 4.06. The first-order valence-electron chi connectivity index (χ1n) is 10.9. The highest BCUT2D eigenvalue weighted by molar-refractivity contribution is 5.68. The maximum Gasteiger partial charge on any atom is 0.227 e. The summed E-state index contributed by atoms with van der Waals surface area (Å²) in [5, 5.41) is 3.29. The topological polar surface area (TPSA) is 79.3 Å². The number of nitrogens with one attached hydrogen (secondary N) is 1. The normalized spacial score (nSPS) is 16.1. The third kappa shape index (κ3) is 4.34. The maximum atomic E-state index is 5.79. The third-order valence-electron chi connectivity index (χ3n) is 5.72. The molecule has 8 nitrogen and oxygen atoms in total. The maximum absolute atomic E-state index is 5.79. The van der Waals surface area contributed by atoms with Crippen molar-refractivity contribution in [2.75, 3.05) is 54.5 Å². The van der Waals surface area contributed by atoms with E-state index in [0.717, 1.165) is 60.3 Å². The Hall–Kier alpha value is -3.70. The van der Waals surface area contributed by atoms with Crippen LogP contribution in [0.4, 0.5) is 23.3 Å². The number of ether oxygens (including phenoxy) is 1. The Morgan fingerprint density at radius 2 is 1.75 bits per heavy atom. The van der Waals surface area contributed by atoms with E-state index in [1.165, 1.54) is 12.8 Å². The van der Waals surface area contributed by atoms with Gasteiger partial charge in [-0.25, -0.2) is 19.9 Å². The van der Waals surface area contributed by atoms with E-state index in [1.807, 2.05) is 30.5 Å². The number of anilines is 4. The van der Waals surface area contributed by atoms with Crippen LogP contribution in [0.3, 0.4) is 0 Å². The van der Waals surface area contributed by atoms with Crippen LogP contribution in [0.5, 0.6) is 0 Å². The molecule has 0 unspecified atom stereocenters. The second-order valence-corrected chi connectivity index (χ2v) is 7.83. The number of hydrogen-bond donors (Lipinski definition) is 1. The highest BCUT2D eigenvalue weighted by Crippen LogP contribution is 2.27. The lowest BCUT2D eigenvalue weighted by atomic mass is 10.1. The van der Waals surface area contributed by atoms with Gasteiger partial charge in [-0.05, 0) is 31.0 Å². The fraction of sp³-hybridized carbons (Fsp3) is 0.333. The van der Waals surface area contributed by atoms with E-state index in [-0.39, 0.29) is 0 Å². The molecule has 0 aromatic carbocycles. The van der Waals surface area contributed by atoms with Crippen molar-refractivity contribution >= 4 is 23.3 Å². The number of pyridine rings is 2. The van der Waals surface area contributed by atoms with E-state index in [2.05, 4.69) is 41.0 Å². The molecular weight excluding hydrogens is 402 g/mol. The van der Waals surface area contributed by atoms with E-state index >= 15 is 0 Å². The molecule has 1 N–H and O–H groups in total. The summed E-state index contributed by atoms with van der Waals surface area (Å²) in [7, 11) is 0. The van der Waals surface area contributed by atoms with Crippen molar-refractivity contribution < 1.29 is 4.74 Å². The molecule has 162 valence electrons. The van der Waals surface area contributed by atoms with Crippen molar-refractivity contribution in [1.29, 1.82) is 0 Å². The van der Waals surface area contributed by atoms with Crippen molar-refractivity contribution in [2.24, 2.45) is 0 Å². The van der Waals surface area contributed by atoms with Gasteiger partial charge in [0.1, 0.15) is 11.6 Å². The Balaban J connectivity index is 1.37. The van der Waals surface area contributed by atoms with E-state index in [4.69, 9.17) is 11.2 Å². The summed E-state index contributed by atoms with van der Waals surface area (Å²) in [4.78, 5) is 22.7. The van der Waals surface area contributed by atoms with Crippen molar-refractivity contribution in [3.8, 4) is 23.6 Å². The molecule has 3 aromatic rings. The van der Waals surface area contributed by atoms with Crippen molar-refractivity contribution in [2.45, 2.75) is 12.8 Å². The molecule has 0 bridgehead atoms. The zero-order chi connectivity index (χ0) is 21.8. The van der Waals surface area contributed by atoms with Crippen LogP contribution in [-0.4, -0.2) is 59.3 Å². The van der Waals surface area contributed by atoms with Crippen LogP contribution in [0.2, 0.25) is 0 Å². The quantitative estimate of drug-likeness (QED) is 0.623. The second-order valence-electron chi connectivity index (χ2n) is 7.83. The summed E-state index contributed by atoms with van der Waals surface area (Å²) in [5.74, 6) is 5.09. The molecule has 0 amide bonds. The average Bonchev–Trinajstić information content (AvgIpc) is 3.39. The summed E-state index contributed by atoms with van der Waals surface area (Å²) in [6.07, 6.45) is 13.5. The van der Waals surface area contributed by atoms with Crippen LogP contribution in [0.15, 0.2) is 42.9 Å². The van der Waals surface area contributed by atoms with Crippen LogP contribution in [0.25, 0.3) is 11.3 Å². The highest BCUT2D eigenvalue weighted by Gasteiger charge is 2.18. The van der Waals surface area contributed by atoms with Crippen molar-refractivity contribution in [1.82, 2.24) is 19.9 Å². The lowest BCUT2D eigenvalue weighted by Crippen LogP contribution is -2.36. The standard InChI is InChI=1S/C24H25N7O/c1-2-18-15-19(17-27-23(18)31-9-3-4-10-31)21-6-8-26-24(29-21)28-20-5-7-25-22(16-20)30-11-13-32-14-12-30/h1,5-8,15-17H,3-4,9-14H2,(H,25,26,28,29). The molecule has 5 heterocycles. The molecule has 2 aliphatic rings. The number of rotatable bonds is 5. The van der Waals surface area contributed by atoms with Gasteiger partial charge in [0.05, 0.1) is 24.5 Å². The van der Waals surface area contributed by atoms with E-state index in [1.54, 1.807) is 12.4 Å². The summed E-state index contributed by atoms with van der Waals surface area (Å²) in [6.45, 7) is 5.10. The predicted octanol–water partition coefficient (Wildman–Crippen LogP) is 3.10. The van der Waals surface area contributed by atoms with Gasteiger partial charge in [0.25, 0.3) is 0 Å². The Morgan fingerprint density at radius 1 is 0.938 bits per heavy atom. The van der Waals surface area contributed by atoms with Gasteiger partial charge in [0.15, 0.2) is 0 Å². The Labute approximate surface area is 187 Å². The van der Waals surface area contributed by atoms with Crippen molar-refractivity contribution in [3.05, 3.63) is 48.4 Å². The second kappa shape index (κ2) is 9.20. The molecule has 0 atom stereocenters. The van der Waals surface area contributed by atoms with E-state index in [0.29, 0.717) is 19.2 Å². The SMILES string of the molecule is C#Cc1cc(-c2ccnc(Nc3ccnc(N4CCOCC4)c3)n2)cnc1N1CCCC1. The summed E-state index contributed by atoms with van der Waals surface area (Å²) >= 11 is 0. The summed E-state index contributed by atoms with van der Waals surface area (Å²) in [6, 6.07) is 7.76. The van der Waals surface area contributed by atoms with Crippen molar-refractivity contribution in [3.63, 3.8) is 0 Å². The molecule has 32 heavy (non-hydrogen) atoms. The van der Waals surface area contributed by atoms with Crippen LogP contribution in [-0.2, 0) is 4.74 Å². The fourth-order valence-electron chi connectivity index (χ4n) is 4.06. The largest absolute Gasteiger partial charge is 0.378 e. The molecule has 2 saturated heterocycles. The van der Waals surface area contributed by atoms with Gasteiger partial charge in [-0.3, -0.25) is 0 Å². The monoisotopic (exact) mass is 427 g/mol. The zero-order valence-electron chi connectivity index (χ0n) is 17.9. The first-order valence-corrected chi connectivity index (χ1v) is 10.9. The number of terminal acetylenes is 1. The Morgan fingerprint density at radius 3 is 2.56 bits per heavy atom. The van der Waals surface area contributed by atoms with E-state index < -0.39 is 0 Å². The molecule has 2 fully saturated rings. The lowest BCUT2D eigenvalue weighted by molar-refractivity contribution is 0.122. The first-order chi connectivity index (χ1) is 15.8. The van der Waals surface area contributed by atoms with Gasteiger partial charge in [-0.2, -0.15) is 0 Å². The number of hydrogen-bond acceptors (Lipinski definition) is 8. The first kappa shape index (κ1) is 20.2. The number of morpholine rings is 1. The van der Waals surface area contributed by atoms with Crippen LogP contribution < -0.4 is 15.1 Å². The molecule has 8 heteroatoms. The van der Waals surface area contributed by atoms with E-state index in [9.17, 15) is 0 Å². The zero-order valence-corrected chi connectivity index (χ0v) is 17.9. The minimum Gasteiger partial charge on any atom is -0.378 e.